The number of carbonyl (C=O) groups excluding carboxylic acids is 1. The zero-order valence-electron chi connectivity index (χ0n) is 13.7. The van der Waals surface area contributed by atoms with Crippen LogP contribution in [-0.4, -0.2) is 36.0 Å². The van der Waals surface area contributed by atoms with E-state index >= 15 is 0 Å². The van der Waals surface area contributed by atoms with Crippen molar-refractivity contribution in [1.29, 1.82) is 0 Å². The molecular weight excluding hydrogens is 300 g/mol. The van der Waals surface area contributed by atoms with Crippen molar-refractivity contribution < 1.29 is 9.53 Å². The van der Waals surface area contributed by atoms with E-state index in [0.29, 0.717) is 23.4 Å². The Labute approximate surface area is 142 Å². The van der Waals surface area contributed by atoms with Crippen LogP contribution in [0.3, 0.4) is 0 Å². The largest absolute Gasteiger partial charge is 0.457 e. The average Bonchev–Trinajstić information content (AvgIpc) is 2.88. The second kappa shape index (κ2) is 6.65. The molecule has 4 nitrogen and oxygen atoms in total. The van der Waals surface area contributed by atoms with Crippen molar-refractivity contribution in [3.8, 4) is 11.5 Å². The molecule has 2 aliphatic heterocycles. The second-order valence-corrected chi connectivity index (χ2v) is 6.53. The van der Waals surface area contributed by atoms with Crippen molar-refractivity contribution in [1.82, 2.24) is 10.2 Å². The molecule has 2 aliphatic rings. The third kappa shape index (κ3) is 3.02. The standard InChI is InChI=1S/C20H22N2O2/c23-20(22-16-9-10-17(22)14-21-12-11-16)15-5-4-8-19(13-15)24-18-6-2-1-3-7-18/h1-8,13,16-17,21H,9-12,14H2/t16-,17+/m1/s1. The number of amides is 1. The quantitative estimate of drug-likeness (QED) is 0.941. The monoisotopic (exact) mass is 322 g/mol. The number of hydrogen-bond acceptors (Lipinski definition) is 3. The van der Waals surface area contributed by atoms with Crippen LogP contribution in [0, 0.1) is 0 Å². The maximum absolute atomic E-state index is 13.1. The summed E-state index contributed by atoms with van der Waals surface area (Å²) < 4.78 is 5.87. The molecule has 0 aromatic heterocycles. The van der Waals surface area contributed by atoms with Gasteiger partial charge in [-0.3, -0.25) is 4.79 Å². The van der Waals surface area contributed by atoms with E-state index < -0.39 is 0 Å². The van der Waals surface area contributed by atoms with E-state index in [-0.39, 0.29) is 5.91 Å². The number of nitrogens with zero attached hydrogens (tertiary/aromatic N) is 1. The van der Waals surface area contributed by atoms with Crippen molar-refractivity contribution in [2.75, 3.05) is 13.1 Å². The first kappa shape index (κ1) is 15.2. The van der Waals surface area contributed by atoms with Gasteiger partial charge in [-0.25, -0.2) is 0 Å². The van der Waals surface area contributed by atoms with Gasteiger partial charge >= 0.3 is 0 Å². The lowest BCUT2D eigenvalue weighted by Crippen LogP contribution is -2.42. The van der Waals surface area contributed by atoms with Crippen LogP contribution in [0.5, 0.6) is 11.5 Å². The highest BCUT2D eigenvalue weighted by Crippen LogP contribution is 2.30. The van der Waals surface area contributed by atoms with E-state index in [1.807, 2.05) is 54.6 Å². The summed E-state index contributed by atoms with van der Waals surface area (Å²) in [6, 6.07) is 17.9. The molecule has 2 saturated heterocycles. The summed E-state index contributed by atoms with van der Waals surface area (Å²) >= 11 is 0. The molecule has 2 heterocycles. The SMILES string of the molecule is O=C(c1cccc(Oc2ccccc2)c1)N1[C@H]2CCNC[C@@H]1CC2. The minimum atomic E-state index is 0.129. The van der Waals surface area contributed by atoms with Gasteiger partial charge in [0, 0.05) is 24.2 Å². The summed E-state index contributed by atoms with van der Waals surface area (Å²) in [5.74, 6) is 1.61. The van der Waals surface area contributed by atoms with Crippen molar-refractivity contribution in [2.45, 2.75) is 31.3 Å². The second-order valence-electron chi connectivity index (χ2n) is 6.53. The van der Waals surface area contributed by atoms with Crippen LogP contribution in [0.15, 0.2) is 54.6 Å². The topological polar surface area (TPSA) is 41.6 Å². The Kier molecular flexibility index (Phi) is 4.22. The number of para-hydroxylation sites is 1. The summed E-state index contributed by atoms with van der Waals surface area (Å²) in [5.41, 5.74) is 0.710. The van der Waals surface area contributed by atoms with Crippen molar-refractivity contribution in [3.63, 3.8) is 0 Å². The number of ether oxygens (including phenoxy) is 1. The molecular formula is C20H22N2O2. The van der Waals surface area contributed by atoms with Gasteiger partial charge in [-0.15, -0.1) is 0 Å². The summed E-state index contributed by atoms with van der Waals surface area (Å²) in [7, 11) is 0. The van der Waals surface area contributed by atoms with Crippen LogP contribution >= 0.6 is 0 Å². The smallest absolute Gasteiger partial charge is 0.254 e. The molecule has 2 bridgehead atoms. The van der Waals surface area contributed by atoms with Crippen molar-refractivity contribution in [3.05, 3.63) is 60.2 Å². The lowest BCUT2D eigenvalue weighted by atomic mass is 10.1. The average molecular weight is 322 g/mol. The van der Waals surface area contributed by atoms with Gasteiger partial charge in [0.2, 0.25) is 0 Å². The van der Waals surface area contributed by atoms with Crippen LogP contribution in [0.4, 0.5) is 0 Å². The van der Waals surface area contributed by atoms with E-state index in [9.17, 15) is 4.79 Å². The number of benzene rings is 2. The van der Waals surface area contributed by atoms with Crippen LogP contribution in [0.2, 0.25) is 0 Å². The van der Waals surface area contributed by atoms with Gasteiger partial charge in [0.15, 0.2) is 0 Å². The first-order valence-electron chi connectivity index (χ1n) is 8.67. The zero-order chi connectivity index (χ0) is 16.4. The molecule has 1 amide bonds. The number of hydrogen-bond donors (Lipinski definition) is 1. The molecule has 4 rings (SSSR count). The maximum Gasteiger partial charge on any atom is 0.254 e. The van der Waals surface area contributed by atoms with E-state index in [2.05, 4.69) is 10.2 Å². The van der Waals surface area contributed by atoms with E-state index in [1.165, 1.54) is 0 Å². The van der Waals surface area contributed by atoms with Crippen molar-refractivity contribution >= 4 is 5.91 Å². The summed E-state index contributed by atoms with van der Waals surface area (Å²) in [4.78, 5) is 15.2. The number of fused-ring (bicyclic) bond motifs is 2. The van der Waals surface area contributed by atoms with Crippen LogP contribution in [0.1, 0.15) is 29.6 Å². The molecule has 2 aromatic carbocycles. The van der Waals surface area contributed by atoms with E-state index in [0.717, 1.165) is 38.1 Å². The molecule has 124 valence electrons. The fraction of sp³-hybridized carbons (Fsp3) is 0.350. The minimum Gasteiger partial charge on any atom is -0.457 e. The summed E-state index contributed by atoms with van der Waals surface area (Å²) in [6.45, 7) is 1.91. The minimum absolute atomic E-state index is 0.129. The molecule has 0 saturated carbocycles. The van der Waals surface area contributed by atoms with Gasteiger partial charge < -0.3 is 15.0 Å². The molecule has 2 aromatic rings. The fourth-order valence-electron chi connectivity index (χ4n) is 3.78. The Morgan fingerprint density at radius 2 is 1.75 bits per heavy atom. The molecule has 4 heteroatoms. The number of nitrogens with one attached hydrogen (secondary N) is 1. The Hall–Kier alpha value is -2.33. The Morgan fingerprint density at radius 1 is 0.958 bits per heavy atom. The normalized spacial score (nSPS) is 22.9. The number of rotatable bonds is 3. The van der Waals surface area contributed by atoms with Gasteiger partial charge in [0.25, 0.3) is 5.91 Å². The third-order valence-corrected chi connectivity index (χ3v) is 4.95. The number of carbonyl (C=O) groups is 1. The molecule has 0 aliphatic carbocycles. The van der Waals surface area contributed by atoms with E-state index in [1.54, 1.807) is 0 Å². The molecule has 2 atom stereocenters. The maximum atomic E-state index is 13.1. The van der Waals surface area contributed by atoms with Crippen LogP contribution in [-0.2, 0) is 0 Å². The summed E-state index contributed by atoms with van der Waals surface area (Å²) in [6.07, 6.45) is 3.27. The lowest BCUT2D eigenvalue weighted by molar-refractivity contribution is 0.0680. The molecule has 0 unspecified atom stereocenters. The third-order valence-electron chi connectivity index (χ3n) is 4.95. The summed E-state index contributed by atoms with van der Waals surface area (Å²) in [5, 5.41) is 3.44. The predicted octanol–water partition coefficient (Wildman–Crippen LogP) is 3.45. The van der Waals surface area contributed by atoms with Crippen LogP contribution < -0.4 is 10.1 Å². The van der Waals surface area contributed by atoms with E-state index in [4.69, 9.17) is 4.74 Å². The van der Waals surface area contributed by atoms with Gasteiger partial charge in [0.1, 0.15) is 11.5 Å². The first-order valence-corrected chi connectivity index (χ1v) is 8.67. The van der Waals surface area contributed by atoms with Crippen molar-refractivity contribution in [2.24, 2.45) is 0 Å². The fourth-order valence-corrected chi connectivity index (χ4v) is 3.78. The highest BCUT2D eigenvalue weighted by Gasteiger charge is 2.38. The highest BCUT2D eigenvalue weighted by atomic mass is 16.5. The van der Waals surface area contributed by atoms with Gasteiger partial charge in [0.05, 0.1) is 0 Å². The molecule has 0 radical (unpaired) electrons. The highest BCUT2D eigenvalue weighted by molar-refractivity contribution is 5.95. The molecule has 1 N–H and O–H groups in total. The van der Waals surface area contributed by atoms with Gasteiger partial charge in [-0.05, 0) is 56.1 Å². The Balaban J connectivity index is 1.55. The predicted molar refractivity (Wildman–Crippen MR) is 93.4 cm³/mol. The van der Waals surface area contributed by atoms with Gasteiger partial charge in [-0.1, -0.05) is 24.3 Å². The zero-order valence-corrected chi connectivity index (χ0v) is 13.7. The molecule has 0 spiro atoms. The first-order chi connectivity index (χ1) is 11.8. The van der Waals surface area contributed by atoms with Gasteiger partial charge in [-0.2, -0.15) is 0 Å². The lowest BCUT2D eigenvalue weighted by Gasteiger charge is -2.28. The Morgan fingerprint density at radius 3 is 2.62 bits per heavy atom. The molecule has 2 fully saturated rings. The van der Waals surface area contributed by atoms with Crippen LogP contribution in [0.25, 0.3) is 0 Å². The molecule has 24 heavy (non-hydrogen) atoms. The Bertz CT molecular complexity index is 703.